The Morgan fingerprint density at radius 3 is 1.45 bits per heavy atom. The Kier molecular flexibility index (Phi) is 6.78. The number of aromatic nitrogens is 4. The minimum Gasteiger partial charge on any atom is -0.309 e. The first-order valence-corrected chi connectivity index (χ1v) is 17.2. The summed E-state index contributed by atoms with van der Waals surface area (Å²) in [6.45, 7) is 0. The molecule has 0 N–H and O–H groups in total. The highest BCUT2D eigenvalue weighted by molar-refractivity contribution is 6.21. The van der Waals surface area contributed by atoms with Crippen molar-refractivity contribution in [3.63, 3.8) is 0 Å². The second-order valence-electron chi connectivity index (χ2n) is 12.9. The fourth-order valence-electron chi connectivity index (χ4n) is 7.66. The van der Waals surface area contributed by atoms with E-state index in [1.54, 1.807) is 0 Å². The lowest BCUT2D eigenvalue weighted by Crippen LogP contribution is -1.94. The van der Waals surface area contributed by atoms with Crippen LogP contribution in [-0.4, -0.2) is 19.5 Å². The lowest BCUT2D eigenvalue weighted by molar-refractivity contribution is 1.17. The maximum Gasteiger partial charge on any atom is 0.0886 e. The van der Waals surface area contributed by atoms with Gasteiger partial charge in [0.2, 0.25) is 0 Å². The highest BCUT2D eigenvalue weighted by atomic mass is 15.0. The van der Waals surface area contributed by atoms with E-state index in [0.29, 0.717) is 0 Å². The minimum absolute atomic E-state index is 0.843. The van der Waals surface area contributed by atoms with E-state index < -0.39 is 0 Å². The average molecular weight is 651 g/mol. The molecule has 10 rings (SSSR count). The summed E-state index contributed by atoms with van der Waals surface area (Å²) < 4.78 is 2.30. The van der Waals surface area contributed by atoms with Gasteiger partial charge in [-0.05, 0) is 80.2 Å². The van der Waals surface area contributed by atoms with Crippen molar-refractivity contribution in [2.45, 2.75) is 0 Å². The van der Waals surface area contributed by atoms with Gasteiger partial charge in [0.05, 0.1) is 22.4 Å². The molecule has 0 bridgehead atoms. The van der Waals surface area contributed by atoms with Crippen molar-refractivity contribution < 1.29 is 0 Å². The molecule has 51 heavy (non-hydrogen) atoms. The van der Waals surface area contributed by atoms with E-state index in [4.69, 9.17) is 9.97 Å². The quantitative estimate of drug-likeness (QED) is 0.174. The predicted molar refractivity (Wildman–Crippen MR) is 211 cm³/mol. The Hall–Kier alpha value is -6.91. The van der Waals surface area contributed by atoms with Gasteiger partial charge in [-0.15, -0.1) is 0 Å². The Morgan fingerprint density at radius 2 is 0.843 bits per heavy atom. The molecule has 0 atom stereocenters. The van der Waals surface area contributed by atoms with Gasteiger partial charge in [-0.1, -0.05) is 121 Å². The smallest absolute Gasteiger partial charge is 0.0886 e. The second-order valence-corrected chi connectivity index (χ2v) is 12.9. The number of fused-ring (bicyclic) bond motifs is 5. The molecule has 238 valence electrons. The summed E-state index contributed by atoms with van der Waals surface area (Å²) in [5, 5.41) is 7.26. The fourth-order valence-corrected chi connectivity index (χ4v) is 7.66. The molecule has 0 aliphatic carbocycles. The van der Waals surface area contributed by atoms with E-state index in [9.17, 15) is 0 Å². The van der Waals surface area contributed by atoms with Gasteiger partial charge in [-0.2, -0.15) is 0 Å². The molecule has 6 aromatic carbocycles. The summed E-state index contributed by atoms with van der Waals surface area (Å²) in [6, 6.07) is 55.8. The molecule has 0 unspecified atom stereocenters. The van der Waals surface area contributed by atoms with E-state index in [1.165, 1.54) is 49.1 Å². The maximum atomic E-state index is 4.94. The molecule has 0 aliphatic heterocycles. The molecule has 4 aromatic heterocycles. The number of hydrogen-bond acceptors (Lipinski definition) is 3. The van der Waals surface area contributed by atoms with Crippen molar-refractivity contribution in [3.05, 3.63) is 183 Å². The van der Waals surface area contributed by atoms with Crippen LogP contribution in [0.25, 0.3) is 93.8 Å². The van der Waals surface area contributed by atoms with Crippen molar-refractivity contribution in [1.29, 1.82) is 0 Å². The number of benzene rings is 6. The third kappa shape index (κ3) is 4.80. The van der Waals surface area contributed by atoms with Gasteiger partial charge in [-0.3, -0.25) is 15.0 Å². The molecule has 0 saturated heterocycles. The first-order valence-electron chi connectivity index (χ1n) is 17.2. The zero-order chi connectivity index (χ0) is 33.7. The van der Waals surface area contributed by atoms with Crippen LogP contribution in [0.1, 0.15) is 0 Å². The van der Waals surface area contributed by atoms with Crippen LogP contribution in [0.5, 0.6) is 0 Å². The number of para-hydroxylation sites is 1. The molecule has 0 fully saturated rings. The Balaban J connectivity index is 0.977. The van der Waals surface area contributed by atoms with Crippen LogP contribution in [-0.2, 0) is 0 Å². The van der Waals surface area contributed by atoms with E-state index >= 15 is 0 Å². The molecule has 0 spiro atoms. The lowest BCUT2D eigenvalue weighted by atomic mass is 9.86. The summed E-state index contributed by atoms with van der Waals surface area (Å²) in [6.07, 6.45) is 7.74. The van der Waals surface area contributed by atoms with Gasteiger partial charge in [-0.25, -0.2) is 0 Å². The largest absolute Gasteiger partial charge is 0.309 e. The molecule has 4 nitrogen and oxygen atoms in total. The van der Waals surface area contributed by atoms with Crippen LogP contribution in [0.15, 0.2) is 183 Å². The third-order valence-corrected chi connectivity index (χ3v) is 10.0. The molecular weight excluding hydrogens is 621 g/mol. The van der Waals surface area contributed by atoms with Gasteiger partial charge in [0.25, 0.3) is 0 Å². The zero-order valence-electron chi connectivity index (χ0n) is 27.6. The predicted octanol–water partition coefficient (Wildman–Crippen LogP) is 11.9. The lowest BCUT2D eigenvalue weighted by Gasteiger charge is -2.17. The van der Waals surface area contributed by atoms with Crippen molar-refractivity contribution in [3.8, 4) is 50.5 Å². The standard InChI is InChI=1S/C47H30N4/c1-2-10-32(11-3-1)46-37-13-4-6-15-39(37)47(40-16-7-5-14-38(40)46)34-21-25-43(50-29-34)42-24-20-33(28-49-42)31-18-22-35(23-19-31)51-44-17-9-8-12-36(44)41-30-48-27-26-45(41)51/h1-30H. The van der Waals surface area contributed by atoms with Crippen LogP contribution in [0.2, 0.25) is 0 Å². The highest BCUT2D eigenvalue weighted by Crippen LogP contribution is 2.43. The molecule has 0 amide bonds. The first kappa shape index (κ1) is 29.0. The molecule has 0 aliphatic rings. The van der Waals surface area contributed by atoms with Gasteiger partial charge < -0.3 is 4.57 Å². The number of hydrogen-bond donors (Lipinski definition) is 0. The first-order chi connectivity index (χ1) is 25.3. The highest BCUT2D eigenvalue weighted by Gasteiger charge is 2.17. The maximum absolute atomic E-state index is 4.94. The van der Waals surface area contributed by atoms with Crippen LogP contribution in [0, 0.1) is 0 Å². The van der Waals surface area contributed by atoms with Gasteiger partial charge >= 0.3 is 0 Å². The second kappa shape index (κ2) is 11.9. The SMILES string of the molecule is c1ccc(-c2c3ccccc3c(-c3ccc(-c4ccc(-c5ccc(-n6c7ccccc7c7cnccc76)cc5)cn4)nc3)c3ccccc23)cc1. The molecule has 0 radical (unpaired) electrons. The molecule has 0 saturated carbocycles. The van der Waals surface area contributed by atoms with Crippen LogP contribution in [0.3, 0.4) is 0 Å². The van der Waals surface area contributed by atoms with Crippen molar-refractivity contribution in [1.82, 2.24) is 19.5 Å². The topological polar surface area (TPSA) is 43.6 Å². The zero-order valence-corrected chi connectivity index (χ0v) is 27.6. The molecule has 4 heteroatoms. The van der Waals surface area contributed by atoms with E-state index in [2.05, 4.69) is 167 Å². The minimum atomic E-state index is 0.843. The number of rotatable bonds is 5. The fraction of sp³-hybridized carbons (Fsp3) is 0. The van der Waals surface area contributed by atoms with E-state index in [1.807, 2.05) is 24.8 Å². The number of nitrogens with zero attached hydrogens (tertiary/aromatic N) is 4. The molecule has 4 heterocycles. The molecular formula is C47H30N4. The summed E-state index contributed by atoms with van der Waals surface area (Å²) >= 11 is 0. The van der Waals surface area contributed by atoms with E-state index in [0.717, 1.165) is 44.7 Å². The third-order valence-electron chi connectivity index (χ3n) is 10.0. The average Bonchev–Trinajstić information content (AvgIpc) is 3.55. The Labute approximate surface area is 295 Å². The van der Waals surface area contributed by atoms with Gasteiger partial charge in [0, 0.05) is 52.4 Å². The summed E-state index contributed by atoms with van der Waals surface area (Å²) in [7, 11) is 0. The summed E-state index contributed by atoms with van der Waals surface area (Å²) in [5.41, 5.74) is 12.1. The Bertz CT molecular complexity index is 2760. The Morgan fingerprint density at radius 1 is 0.333 bits per heavy atom. The molecule has 10 aromatic rings. The monoisotopic (exact) mass is 650 g/mol. The van der Waals surface area contributed by atoms with Gasteiger partial charge in [0.15, 0.2) is 0 Å². The normalized spacial score (nSPS) is 11.5. The summed E-state index contributed by atoms with van der Waals surface area (Å²) in [4.78, 5) is 14.2. The van der Waals surface area contributed by atoms with Crippen LogP contribution < -0.4 is 0 Å². The summed E-state index contributed by atoms with van der Waals surface area (Å²) in [5.74, 6) is 0. The van der Waals surface area contributed by atoms with Crippen molar-refractivity contribution in [2.24, 2.45) is 0 Å². The number of pyridine rings is 3. The van der Waals surface area contributed by atoms with Crippen LogP contribution >= 0.6 is 0 Å². The van der Waals surface area contributed by atoms with Crippen molar-refractivity contribution >= 4 is 43.4 Å². The van der Waals surface area contributed by atoms with E-state index in [-0.39, 0.29) is 0 Å². The van der Waals surface area contributed by atoms with Crippen LogP contribution in [0.4, 0.5) is 0 Å². The van der Waals surface area contributed by atoms with Gasteiger partial charge in [0.1, 0.15) is 0 Å². The van der Waals surface area contributed by atoms with Crippen molar-refractivity contribution in [2.75, 3.05) is 0 Å².